The minimum Gasteiger partial charge on any atom is -0.595 e. The largest absolute Gasteiger partial charge is 0.595 e. The zero-order valence-corrected chi connectivity index (χ0v) is 13.3. The van der Waals surface area contributed by atoms with E-state index >= 15 is 0 Å². The smallest absolute Gasteiger partial charge is 0.313 e. The van der Waals surface area contributed by atoms with Gasteiger partial charge in [-0.3, -0.25) is 0 Å². The quantitative estimate of drug-likeness (QED) is 0.449. The summed E-state index contributed by atoms with van der Waals surface area (Å²) in [5.41, 5.74) is 1.02. The second-order valence-electron chi connectivity index (χ2n) is 6.27. The van der Waals surface area contributed by atoms with Gasteiger partial charge in [-0.2, -0.15) is 0 Å². The van der Waals surface area contributed by atoms with Crippen molar-refractivity contribution in [3.63, 3.8) is 0 Å². The van der Waals surface area contributed by atoms with Gasteiger partial charge in [0.15, 0.2) is 14.5 Å². The molecule has 0 aliphatic heterocycles. The predicted molar refractivity (Wildman–Crippen MR) is 71.9 cm³/mol. The second-order valence-corrected chi connectivity index (χ2v) is 12.0. The molecule has 1 aliphatic carbocycles. The van der Waals surface area contributed by atoms with Crippen LogP contribution in [0.4, 0.5) is 0 Å². The molecule has 0 heterocycles. The Labute approximate surface area is 106 Å². The van der Waals surface area contributed by atoms with Gasteiger partial charge in [-0.15, -0.1) is 0 Å². The van der Waals surface area contributed by atoms with E-state index < -0.39 is 16.3 Å². The Bertz CT molecular complexity index is 331. The molecule has 0 aromatic rings. The van der Waals surface area contributed by atoms with Crippen LogP contribution in [0.2, 0.25) is 18.1 Å². The van der Waals surface area contributed by atoms with Crippen LogP contribution in [0.3, 0.4) is 0 Å². The molecular weight excluding hydrogens is 251 g/mol. The summed E-state index contributed by atoms with van der Waals surface area (Å²) in [5, 5.41) is 0.202. The van der Waals surface area contributed by atoms with Crippen LogP contribution in [-0.4, -0.2) is 20.6 Å². The molecule has 0 radical (unpaired) electrons. The van der Waals surface area contributed by atoms with Gasteiger partial charge in [0, 0.05) is 0 Å². The van der Waals surface area contributed by atoms with Crippen molar-refractivity contribution in [1.29, 1.82) is 0 Å². The minimum absolute atomic E-state index is 0.126. The molecule has 0 bridgehead atoms. The second kappa shape index (κ2) is 5.31. The molecule has 0 fully saturated rings. The number of allylic oxidation sites excluding steroid dienone is 1. The molecule has 0 aromatic carbocycles. The molecule has 1 aliphatic rings. The summed E-state index contributed by atoms with van der Waals surface area (Å²) in [6, 6.07) is 0. The molecule has 0 N–H and O–H groups in total. The topological polar surface area (TPSA) is 49.4 Å². The summed E-state index contributed by atoms with van der Waals surface area (Å²) in [5.74, 6) is 0. The van der Waals surface area contributed by atoms with Gasteiger partial charge in [0.2, 0.25) is 0 Å². The fourth-order valence-electron chi connectivity index (χ4n) is 1.70. The normalized spacial score (nSPS) is 22.6. The zero-order valence-electron chi connectivity index (χ0n) is 11.4. The third kappa shape index (κ3) is 4.29. The Hall–Kier alpha value is -0.0231. The van der Waals surface area contributed by atoms with Crippen molar-refractivity contribution in [2.75, 3.05) is 6.16 Å². The van der Waals surface area contributed by atoms with Crippen molar-refractivity contribution in [3.05, 3.63) is 11.6 Å². The fourth-order valence-corrected chi connectivity index (χ4v) is 3.59. The number of hydrogen-bond acceptors (Lipinski definition) is 3. The predicted octanol–water partition coefficient (Wildman–Crippen LogP) is 3.20. The molecule has 1 rings (SSSR count). The third-order valence-corrected chi connectivity index (χ3v) is 8.92. The van der Waals surface area contributed by atoms with Crippen molar-refractivity contribution >= 4 is 16.3 Å². The van der Waals surface area contributed by atoms with Gasteiger partial charge in [0.25, 0.3) is 0 Å². The van der Waals surface area contributed by atoms with E-state index in [0.29, 0.717) is 0 Å². The zero-order chi connectivity index (χ0) is 13.3. The van der Waals surface area contributed by atoms with Crippen molar-refractivity contribution < 1.29 is 13.9 Å². The maximum atomic E-state index is 10.7. The van der Waals surface area contributed by atoms with Crippen molar-refractivity contribution in [1.82, 2.24) is 0 Å². The molecule has 0 saturated carbocycles. The third-order valence-electron chi connectivity index (χ3n) is 3.76. The van der Waals surface area contributed by atoms with Crippen molar-refractivity contribution in [2.24, 2.45) is 0 Å². The lowest BCUT2D eigenvalue weighted by Gasteiger charge is -2.38. The van der Waals surface area contributed by atoms with Gasteiger partial charge in [-0.25, -0.2) is 0 Å². The van der Waals surface area contributed by atoms with Crippen LogP contribution >= 0.6 is 8.03 Å². The van der Waals surface area contributed by atoms with E-state index in [2.05, 4.69) is 33.9 Å². The van der Waals surface area contributed by atoms with Crippen molar-refractivity contribution in [2.45, 2.75) is 57.8 Å². The molecule has 2 atom stereocenters. The van der Waals surface area contributed by atoms with Gasteiger partial charge in [0.1, 0.15) is 0 Å². The molecule has 0 spiro atoms. The highest BCUT2D eigenvalue weighted by molar-refractivity contribution is 7.36. The molecular formula is C12H23O3PSi. The van der Waals surface area contributed by atoms with E-state index in [4.69, 9.17) is 4.43 Å². The van der Waals surface area contributed by atoms with Crippen LogP contribution in [-0.2, 0) is 8.99 Å². The van der Waals surface area contributed by atoms with E-state index in [1.807, 2.05) is 6.08 Å². The average Bonchev–Trinajstić information content (AvgIpc) is 2.48. The Balaban J connectivity index is 2.61. The maximum absolute atomic E-state index is 10.7. The molecule has 3 nitrogen and oxygen atoms in total. The number of rotatable bonds is 4. The Morgan fingerprint density at radius 1 is 1.53 bits per heavy atom. The van der Waals surface area contributed by atoms with Crippen LogP contribution < -0.4 is 4.89 Å². The maximum Gasteiger partial charge on any atom is 0.313 e. The van der Waals surface area contributed by atoms with Crippen LogP contribution in [0.25, 0.3) is 0 Å². The van der Waals surface area contributed by atoms with E-state index in [1.165, 1.54) is 0 Å². The molecule has 98 valence electrons. The van der Waals surface area contributed by atoms with E-state index in [0.717, 1.165) is 18.4 Å². The lowest BCUT2D eigenvalue weighted by Crippen LogP contribution is -2.43. The summed E-state index contributed by atoms with van der Waals surface area (Å²) < 4.78 is 16.9. The van der Waals surface area contributed by atoms with E-state index in [1.54, 1.807) is 0 Å². The van der Waals surface area contributed by atoms with Crippen LogP contribution in [0.15, 0.2) is 11.6 Å². The Morgan fingerprint density at radius 3 is 2.59 bits per heavy atom. The minimum atomic E-state index is -2.30. The first-order valence-electron chi connectivity index (χ1n) is 6.11. The van der Waals surface area contributed by atoms with Crippen LogP contribution in [0, 0.1) is 0 Å². The van der Waals surface area contributed by atoms with Crippen molar-refractivity contribution in [3.8, 4) is 0 Å². The first kappa shape index (κ1) is 15.0. The average molecular weight is 274 g/mol. The first-order valence-corrected chi connectivity index (χ1v) is 10.4. The highest BCUT2D eigenvalue weighted by Crippen LogP contribution is 2.39. The first-order chi connectivity index (χ1) is 7.62. The lowest BCUT2D eigenvalue weighted by molar-refractivity contribution is -0.163. The van der Waals surface area contributed by atoms with Crippen LogP contribution in [0.1, 0.15) is 33.6 Å². The summed E-state index contributed by atoms with van der Waals surface area (Å²) in [6.07, 6.45) is 4.15. The Morgan fingerprint density at radius 2 is 2.12 bits per heavy atom. The van der Waals surface area contributed by atoms with Gasteiger partial charge in [-0.1, -0.05) is 31.4 Å². The SMILES string of the molecule is CC(C)(C)[Si](C)(C)OC1C=C(C[P+](=O)[O-])CC1. The summed E-state index contributed by atoms with van der Waals surface area (Å²) in [7, 11) is -4.03. The van der Waals surface area contributed by atoms with Crippen LogP contribution in [0.5, 0.6) is 0 Å². The molecule has 0 aromatic heterocycles. The Kier molecular flexibility index (Phi) is 4.70. The molecule has 17 heavy (non-hydrogen) atoms. The summed E-state index contributed by atoms with van der Waals surface area (Å²) in [4.78, 5) is 10.7. The molecule has 2 unspecified atom stereocenters. The van der Waals surface area contributed by atoms with E-state index in [-0.39, 0.29) is 17.3 Å². The molecule has 0 saturated heterocycles. The molecule has 5 heteroatoms. The highest BCUT2D eigenvalue weighted by Gasteiger charge is 2.39. The van der Waals surface area contributed by atoms with Gasteiger partial charge >= 0.3 is 8.03 Å². The summed E-state index contributed by atoms with van der Waals surface area (Å²) in [6.45, 7) is 11.1. The number of hydrogen-bond donors (Lipinski definition) is 0. The standard InChI is InChI=1S/C12H23O3PSi/c1-12(2,3)17(4,5)15-11-7-6-10(8-11)9-16(13)14/h8,11H,6-7,9H2,1-5H3. The van der Waals surface area contributed by atoms with Gasteiger partial charge < -0.3 is 9.32 Å². The monoisotopic (exact) mass is 274 g/mol. The molecule has 0 amide bonds. The van der Waals surface area contributed by atoms with Gasteiger partial charge in [0.05, 0.1) is 6.10 Å². The van der Waals surface area contributed by atoms with E-state index in [9.17, 15) is 9.46 Å². The summed E-state index contributed by atoms with van der Waals surface area (Å²) >= 11 is 0. The highest BCUT2D eigenvalue weighted by atomic mass is 31.1. The fraction of sp³-hybridized carbons (Fsp3) is 0.833. The lowest BCUT2D eigenvalue weighted by atomic mass is 10.2. The van der Waals surface area contributed by atoms with Gasteiger partial charge in [-0.05, 0) is 36.5 Å².